The molecule has 0 unspecified atom stereocenters. The van der Waals surface area contributed by atoms with Crippen molar-refractivity contribution in [2.75, 3.05) is 13.1 Å². The van der Waals surface area contributed by atoms with E-state index >= 15 is 0 Å². The van der Waals surface area contributed by atoms with Crippen LogP contribution in [0.4, 0.5) is 0 Å². The van der Waals surface area contributed by atoms with E-state index < -0.39 is 0 Å². The smallest absolute Gasteiger partial charge is 0.191 e. The number of hydrogen-bond acceptors (Lipinski definition) is 1. The van der Waals surface area contributed by atoms with Crippen molar-refractivity contribution in [1.29, 1.82) is 0 Å². The molecule has 0 saturated heterocycles. The van der Waals surface area contributed by atoms with E-state index in [2.05, 4.69) is 24.2 Å². The first-order chi connectivity index (χ1) is 17.8. The first-order valence-corrected chi connectivity index (χ1v) is 17.1. The van der Waals surface area contributed by atoms with Crippen LogP contribution < -0.4 is 5.32 Å². The predicted octanol–water partition coefficient (Wildman–Crippen LogP) is 12.1. The SMILES string of the molecule is CCCCCCCCCCCCCCCCN=C(Cl)NCCCCCCCCCCCCCCCC. The van der Waals surface area contributed by atoms with Gasteiger partial charge in [0.2, 0.25) is 0 Å². The lowest BCUT2D eigenvalue weighted by Crippen LogP contribution is -2.19. The Kier molecular flexibility index (Phi) is 32.6. The minimum absolute atomic E-state index is 0.624. The zero-order valence-corrected chi connectivity index (χ0v) is 25.8. The molecule has 0 aromatic carbocycles. The van der Waals surface area contributed by atoms with Crippen molar-refractivity contribution < 1.29 is 0 Å². The van der Waals surface area contributed by atoms with Crippen molar-refractivity contribution >= 4 is 16.9 Å². The average molecular weight is 527 g/mol. The number of aliphatic imine (C=N–C) groups is 1. The molecule has 2 nitrogen and oxygen atoms in total. The van der Waals surface area contributed by atoms with E-state index in [1.807, 2.05) is 0 Å². The van der Waals surface area contributed by atoms with E-state index in [0.29, 0.717) is 5.29 Å². The molecule has 0 radical (unpaired) electrons. The van der Waals surface area contributed by atoms with Gasteiger partial charge in [-0.3, -0.25) is 4.99 Å². The second-order valence-electron chi connectivity index (χ2n) is 11.3. The molecule has 0 spiro atoms. The summed E-state index contributed by atoms with van der Waals surface area (Å²) in [6, 6.07) is 0. The molecule has 0 aromatic heterocycles. The quantitative estimate of drug-likeness (QED) is 0.0427. The number of nitrogens with zero attached hydrogens (tertiary/aromatic N) is 1. The summed E-state index contributed by atoms with van der Waals surface area (Å²) in [4.78, 5) is 4.49. The Hall–Kier alpha value is -0.240. The number of amidine groups is 1. The van der Waals surface area contributed by atoms with Crippen LogP contribution in [0, 0.1) is 0 Å². The van der Waals surface area contributed by atoms with Gasteiger partial charge < -0.3 is 5.32 Å². The maximum Gasteiger partial charge on any atom is 0.191 e. The summed E-state index contributed by atoms with van der Waals surface area (Å²) in [5, 5.41) is 3.92. The molecule has 0 aliphatic rings. The molecule has 0 fully saturated rings. The largest absolute Gasteiger partial charge is 0.361 e. The van der Waals surface area contributed by atoms with E-state index in [4.69, 9.17) is 11.6 Å². The van der Waals surface area contributed by atoms with Crippen LogP contribution in [0.25, 0.3) is 0 Å². The minimum Gasteiger partial charge on any atom is -0.361 e. The minimum atomic E-state index is 0.624. The number of hydrogen-bond donors (Lipinski definition) is 1. The molecule has 0 bridgehead atoms. The van der Waals surface area contributed by atoms with Gasteiger partial charge in [0.15, 0.2) is 5.29 Å². The second kappa shape index (κ2) is 32.8. The summed E-state index contributed by atoms with van der Waals surface area (Å²) < 4.78 is 0. The third kappa shape index (κ3) is 31.8. The van der Waals surface area contributed by atoms with Crippen LogP contribution in [0.2, 0.25) is 0 Å². The highest BCUT2D eigenvalue weighted by molar-refractivity contribution is 6.64. The molecule has 216 valence electrons. The normalized spacial score (nSPS) is 11.9. The van der Waals surface area contributed by atoms with E-state index in [-0.39, 0.29) is 0 Å². The Balaban J connectivity index is 3.21. The van der Waals surface area contributed by atoms with E-state index in [9.17, 15) is 0 Å². The van der Waals surface area contributed by atoms with Crippen LogP contribution in [-0.4, -0.2) is 18.4 Å². The molecule has 0 aliphatic heterocycles. The summed E-state index contributed by atoms with van der Waals surface area (Å²) in [7, 11) is 0. The zero-order valence-electron chi connectivity index (χ0n) is 25.0. The van der Waals surface area contributed by atoms with Gasteiger partial charge in [0.25, 0.3) is 0 Å². The first kappa shape index (κ1) is 35.8. The molecule has 3 heteroatoms. The topological polar surface area (TPSA) is 24.4 Å². The molecular formula is C33H67ClN2. The predicted molar refractivity (Wildman–Crippen MR) is 167 cm³/mol. The van der Waals surface area contributed by atoms with Crippen LogP contribution in [0.15, 0.2) is 4.99 Å². The van der Waals surface area contributed by atoms with Crippen molar-refractivity contribution in [1.82, 2.24) is 5.32 Å². The number of unbranched alkanes of at least 4 members (excludes halogenated alkanes) is 26. The molecule has 0 aliphatic carbocycles. The first-order valence-electron chi connectivity index (χ1n) is 16.7. The molecule has 0 rings (SSSR count). The highest BCUT2D eigenvalue weighted by Crippen LogP contribution is 2.14. The maximum atomic E-state index is 6.24. The van der Waals surface area contributed by atoms with Crippen LogP contribution in [0.3, 0.4) is 0 Å². The van der Waals surface area contributed by atoms with Crippen LogP contribution in [0.5, 0.6) is 0 Å². The molecule has 0 amide bonds. The Morgan fingerprint density at radius 3 is 1.03 bits per heavy atom. The molecule has 0 heterocycles. The van der Waals surface area contributed by atoms with Gasteiger partial charge in [0, 0.05) is 13.1 Å². The summed E-state index contributed by atoms with van der Waals surface area (Å²) in [5.74, 6) is 0. The highest BCUT2D eigenvalue weighted by Gasteiger charge is 1.97. The molecule has 0 aromatic rings. The number of rotatable bonds is 30. The highest BCUT2D eigenvalue weighted by atomic mass is 35.5. The lowest BCUT2D eigenvalue weighted by molar-refractivity contribution is 0.535. The van der Waals surface area contributed by atoms with Crippen molar-refractivity contribution in [2.45, 2.75) is 194 Å². The Bertz CT molecular complexity index is 424. The summed E-state index contributed by atoms with van der Waals surface area (Å²) >= 11 is 6.24. The molecule has 36 heavy (non-hydrogen) atoms. The van der Waals surface area contributed by atoms with Crippen LogP contribution in [-0.2, 0) is 0 Å². The summed E-state index contributed by atoms with van der Waals surface area (Å²) in [5.41, 5.74) is 0. The van der Waals surface area contributed by atoms with Gasteiger partial charge in [0.1, 0.15) is 0 Å². The second-order valence-corrected chi connectivity index (χ2v) is 11.6. The van der Waals surface area contributed by atoms with Crippen LogP contribution in [0.1, 0.15) is 194 Å². The fourth-order valence-electron chi connectivity index (χ4n) is 5.05. The Morgan fingerprint density at radius 1 is 0.417 bits per heavy atom. The van der Waals surface area contributed by atoms with Gasteiger partial charge in [-0.1, -0.05) is 181 Å². The number of halogens is 1. The average Bonchev–Trinajstić information content (AvgIpc) is 2.88. The Morgan fingerprint density at radius 2 is 0.694 bits per heavy atom. The van der Waals surface area contributed by atoms with Crippen molar-refractivity contribution in [3.8, 4) is 0 Å². The zero-order chi connectivity index (χ0) is 26.2. The van der Waals surface area contributed by atoms with Crippen molar-refractivity contribution in [3.63, 3.8) is 0 Å². The van der Waals surface area contributed by atoms with Gasteiger partial charge in [-0.2, -0.15) is 0 Å². The maximum absolute atomic E-state index is 6.24. The monoisotopic (exact) mass is 526 g/mol. The van der Waals surface area contributed by atoms with Gasteiger partial charge in [-0.25, -0.2) is 0 Å². The third-order valence-electron chi connectivity index (χ3n) is 7.56. The van der Waals surface area contributed by atoms with Gasteiger partial charge in [-0.15, -0.1) is 0 Å². The summed E-state index contributed by atoms with van der Waals surface area (Å²) in [6.45, 7) is 6.44. The summed E-state index contributed by atoms with van der Waals surface area (Å²) in [6.07, 6.45) is 39.2. The van der Waals surface area contributed by atoms with E-state index in [1.54, 1.807) is 0 Å². The third-order valence-corrected chi connectivity index (χ3v) is 7.82. The molecule has 1 N–H and O–H groups in total. The van der Waals surface area contributed by atoms with Gasteiger partial charge in [-0.05, 0) is 24.4 Å². The molecule has 0 saturated carbocycles. The fourth-order valence-corrected chi connectivity index (χ4v) is 5.23. The lowest BCUT2D eigenvalue weighted by atomic mass is 10.0. The molecular weight excluding hydrogens is 460 g/mol. The van der Waals surface area contributed by atoms with Crippen molar-refractivity contribution in [3.05, 3.63) is 0 Å². The van der Waals surface area contributed by atoms with E-state index in [0.717, 1.165) is 13.1 Å². The van der Waals surface area contributed by atoms with Crippen molar-refractivity contribution in [2.24, 2.45) is 4.99 Å². The van der Waals surface area contributed by atoms with Crippen LogP contribution >= 0.6 is 11.6 Å². The standard InChI is InChI=1S/C33H67ClN2/c1-3-5-7-9-11-13-15-17-19-21-23-25-27-29-31-35-33(34)36-32-30-28-26-24-22-20-18-16-14-12-10-8-6-4-2/h3-32H2,1-2H3,(H,35,36). The van der Waals surface area contributed by atoms with E-state index in [1.165, 1.54) is 180 Å². The fraction of sp³-hybridized carbons (Fsp3) is 0.970. The Labute approximate surface area is 233 Å². The van der Waals surface area contributed by atoms with Gasteiger partial charge in [0.05, 0.1) is 0 Å². The van der Waals surface area contributed by atoms with Gasteiger partial charge >= 0.3 is 0 Å². The lowest BCUT2D eigenvalue weighted by Gasteiger charge is -2.05. The molecule has 0 atom stereocenters. The number of nitrogens with one attached hydrogen (secondary N) is 1.